The summed E-state index contributed by atoms with van der Waals surface area (Å²) in [5, 5.41) is 25.4. The van der Waals surface area contributed by atoms with E-state index in [1.807, 2.05) is 80.8 Å². The quantitative estimate of drug-likeness (QED) is 0.0953. The Bertz CT molecular complexity index is 2980. The minimum atomic E-state index is -4.41. The highest BCUT2D eigenvalue weighted by molar-refractivity contribution is 7.15. The van der Waals surface area contributed by atoms with Gasteiger partial charge in [0.15, 0.2) is 5.82 Å². The number of ether oxygens (including phenoxy) is 2. The SMILES string of the molecule is COC(=O)C[C@@H]1N=C(c2ccc(-c3ccc(OC(F)(F)C(=O)NC(C(=O)N4C[C@H](O)C[C@H]4C(=O)N[C@@H](C)c4ccc(-c5scnc5C)cc4)C(C)(C)C)cc3)cc2)c2c(sc(C)c2C)-n2c(C)nnc21. The predicted octanol–water partition coefficient (Wildman–Crippen LogP) is 8.15. The van der Waals surface area contributed by atoms with Gasteiger partial charge in [0.05, 0.1) is 47.5 Å². The number of alkyl halides is 2. The van der Waals surface area contributed by atoms with Crippen LogP contribution in [0.2, 0.25) is 0 Å². The van der Waals surface area contributed by atoms with Crippen molar-refractivity contribution in [3.8, 4) is 32.3 Å². The molecule has 366 valence electrons. The van der Waals surface area contributed by atoms with E-state index in [4.69, 9.17) is 14.5 Å². The maximum Gasteiger partial charge on any atom is 0.482 e. The summed E-state index contributed by atoms with van der Waals surface area (Å²) in [6, 6.07) is 17.2. The molecule has 0 spiro atoms. The first-order valence-corrected chi connectivity index (χ1v) is 24.4. The molecular weight excluding hydrogens is 939 g/mol. The van der Waals surface area contributed by atoms with Crippen molar-refractivity contribution in [1.82, 2.24) is 35.3 Å². The molecule has 1 saturated heterocycles. The van der Waals surface area contributed by atoms with Gasteiger partial charge in [0.25, 0.3) is 0 Å². The number of aryl methyl sites for hydroxylation is 3. The van der Waals surface area contributed by atoms with E-state index in [-0.39, 0.29) is 25.1 Å². The number of carbonyl (C=O) groups is 4. The number of aliphatic hydroxyl groups excluding tert-OH is 1. The zero-order valence-corrected chi connectivity index (χ0v) is 41.8. The van der Waals surface area contributed by atoms with Crippen LogP contribution in [0.25, 0.3) is 26.6 Å². The van der Waals surface area contributed by atoms with E-state index in [9.17, 15) is 24.3 Å². The predicted molar refractivity (Wildman–Crippen MR) is 262 cm³/mol. The van der Waals surface area contributed by atoms with Gasteiger partial charge in [0.2, 0.25) is 11.8 Å². The van der Waals surface area contributed by atoms with Crippen molar-refractivity contribution in [2.75, 3.05) is 13.7 Å². The van der Waals surface area contributed by atoms with Crippen LogP contribution in [0, 0.1) is 33.1 Å². The number of nitrogens with zero attached hydrogens (tertiary/aromatic N) is 6. The summed E-state index contributed by atoms with van der Waals surface area (Å²) in [4.78, 5) is 66.5. The van der Waals surface area contributed by atoms with E-state index in [1.54, 1.807) is 56.7 Å². The molecule has 19 heteroatoms. The lowest BCUT2D eigenvalue weighted by Crippen LogP contribution is -2.60. The number of amides is 3. The number of methoxy groups -OCH3 is 1. The lowest BCUT2D eigenvalue weighted by Gasteiger charge is -2.36. The van der Waals surface area contributed by atoms with Gasteiger partial charge in [-0.2, -0.15) is 8.78 Å². The van der Waals surface area contributed by atoms with Gasteiger partial charge < -0.3 is 30.1 Å². The van der Waals surface area contributed by atoms with Crippen LogP contribution in [-0.2, 0) is 23.9 Å². The number of fused-ring (bicyclic) bond motifs is 3. The lowest BCUT2D eigenvalue weighted by atomic mass is 9.85. The van der Waals surface area contributed by atoms with Gasteiger partial charge in [-0.25, -0.2) is 4.98 Å². The van der Waals surface area contributed by atoms with E-state index in [2.05, 4.69) is 25.8 Å². The second kappa shape index (κ2) is 19.6. The monoisotopic (exact) mass is 992 g/mol. The van der Waals surface area contributed by atoms with Crippen LogP contribution in [-0.4, -0.2) is 97.1 Å². The number of aromatic nitrogens is 4. The number of hydrogen-bond acceptors (Lipinski definition) is 13. The van der Waals surface area contributed by atoms with Gasteiger partial charge in [-0.15, -0.1) is 32.9 Å². The number of esters is 1. The van der Waals surface area contributed by atoms with Crippen molar-refractivity contribution < 1.29 is 42.5 Å². The van der Waals surface area contributed by atoms with E-state index in [0.29, 0.717) is 22.9 Å². The smallest absolute Gasteiger partial charge is 0.469 e. The molecule has 5 heterocycles. The molecule has 3 aromatic heterocycles. The number of aliphatic hydroxyl groups is 1. The third kappa shape index (κ3) is 10.00. The molecule has 0 aliphatic carbocycles. The number of rotatable bonds is 13. The Morgan fingerprint density at radius 1 is 0.886 bits per heavy atom. The summed E-state index contributed by atoms with van der Waals surface area (Å²) in [6.07, 6.45) is -5.58. The minimum absolute atomic E-state index is 0.0378. The maximum absolute atomic E-state index is 15.7. The molecule has 3 N–H and O–H groups in total. The molecule has 0 saturated carbocycles. The second-order valence-electron chi connectivity index (χ2n) is 18.7. The first-order chi connectivity index (χ1) is 33.1. The molecule has 1 fully saturated rings. The number of carbonyl (C=O) groups excluding carboxylic acids is 4. The van der Waals surface area contributed by atoms with E-state index in [1.165, 1.54) is 30.6 Å². The van der Waals surface area contributed by atoms with E-state index in [0.717, 1.165) is 58.7 Å². The van der Waals surface area contributed by atoms with Gasteiger partial charge in [-0.05, 0) is 80.0 Å². The topological polar surface area (TPSA) is 190 Å². The summed E-state index contributed by atoms with van der Waals surface area (Å²) < 4.78 is 43.3. The van der Waals surface area contributed by atoms with Gasteiger partial charge in [-0.1, -0.05) is 81.4 Å². The van der Waals surface area contributed by atoms with Crippen LogP contribution in [0.4, 0.5) is 8.78 Å². The van der Waals surface area contributed by atoms with Crippen molar-refractivity contribution in [1.29, 1.82) is 0 Å². The van der Waals surface area contributed by atoms with Crippen LogP contribution in [0.1, 0.15) is 97.1 Å². The van der Waals surface area contributed by atoms with E-state index >= 15 is 8.78 Å². The Morgan fingerprint density at radius 3 is 2.13 bits per heavy atom. The normalized spacial score (nSPS) is 17.7. The van der Waals surface area contributed by atoms with E-state index < -0.39 is 65.5 Å². The second-order valence-corrected chi connectivity index (χ2v) is 20.7. The number of nitrogens with one attached hydrogen (secondary N) is 2. The molecule has 6 aromatic rings. The Balaban J connectivity index is 0.937. The Hall–Kier alpha value is -6.70. The molecule has 70 heavy (non-hydrogen) atoms. The maximum atomic E-state index is 15.7. The summed E-state index contributed by atoms with van der Waals surface area (Å²) in [6.45, 7) is 14.2. The minimum Gasteiger partial charge on any atom is -0.469 e. The lowest BCUT2D eigenvalue weighted by molar-refractivity contribution is -0.194. The number of thiophene rings is 1. The Morgan fingerprint density at radius 2 is 1.51 bits per heavy atom. The molecule has 3 amide bonds. The fraction of sp³-hybridized carbons (Fsp3) is 0.373. The standard InChI is InChI=1S/C51H54F2N8O7S2/c1-26-29(4)70-48-41(26)42(56-38(23-40(63)67-9)45-59-58-30(5)61(45)48)34-14-12-32(13-15-34)33-18-20-37(21-19-33)68-51(52,53)49(66)57-44(50(6,7)8)47(65)60-24-36(62)22-39(60)46(64)55-27(2)31-10-16-35(17-11-31)43-28(3)54-25-69-43/h10-21,25,27,36,38-39,44,62H,22-24H2,1-9H3,(H,55,64)(H,57,66)/t27-,36+,38-,39-,44?/m0/s1. The van der Waals surface area contributed by atoms with Crippen LogP contribution < -0.4 is 15.4 Å². The zero-order chi connectivity index (χ0) is 50.4. The molecule has 2 aliphatic rings. The molecular formula is C51H54F2N8O7S2. The number of likely N-dealkylation sites (tertiary alicyclic amines) is 1. The Kier molecular flexibility index (Phi) is 13.9. The number of β-amino-alcohol motifs (C(OH)–C–C–N with tert-alkyl or cyclic N) is 1. The van der Waals surface area contributed by atoms with Gasteiger partial charge >= 0.3 is 18.0 Å². The van der Waals surface area contributed by atoms with Crippen LogP contribution in [0.5, 0.6) is 5.75 Å². The average Bonchev–Trinajstić information content (AvgIpc) is 4.09. The first kappa shape index (κ1) is 49.7. The first-order valence-electron chi connectivity index (χ1n) is 22.7. The molecule has 15 nitrogen and oxygen atoms in total. The third-order valence-corrected chi connectivity index (χ3v) is 14.9. The average molecular weight is 993 g/mol. The number of benzene rings is 3. The fourth-order valence-corrected chi connectivity index (χ4v) is 10.8. The van der Waals surface area contributed by atoms with Crippen molar-refractivity contribution in [3.63, 3.8) is 0 Å². The van der Waals surface area contributed by atoms with Crippen molar-refractivity contribution in [2.45, 2.75) is 105 Å². The van der Waals surface area contributed by atoms with Crippen LogP contribution in [0.15, 0.2) is 83.3 Å². The largest absolute Gasteiger partial charge is 0.482 e. The highest BCUT2D eigenvalue weighted by Gasteiger charge is 2.49. The molecule has 1 unspecified atom stereocenters. The molecule has 8 rings (SSSR count). The fourth-order valence-electron chi connectivity index (χ4n) is 8.73. The van der Waals surface area contributed by atoms with Gasteiger partial charge in [0, 0.05) is 29.0 Å². The number of hydrogen-bond donors (Lipinski definition) is 3. The molecule has 0 radical (unpaired) electrons. The summed E-state index contributed by atoms with van der Waals surface area (Å²) in [7, 11) is 1.33. The summed E-state index contributed by atoms with van der Waals surface area (Å²) in [5.41, 5.74) is 8.22. The zero-order valence-electron chi connectivity index (χ0n) is 40.2. The highest BCUT2D eigenvalue weighted by atomic mass is 32.1. The number of halogens is 2. The van der Waals surface area contributed by atoms with Crippen LogP contribution >= 0.6 is 22.7 Å². The highest BCUT2D eigenvalue weighted by Crippen LogP contribution is 2.40. The third-order valence-electron chi connectivity index (χ3n) is 12.7. The van der Waals surface area contributed by atoms with Crippen molar-refractivity contribution in [3.05, 3.63) is 123 Å². The molecule has 2 aliphatic heterocycles. The number of thiazole rings is 1. The molecule has 5 atom stereocenters. The summed E-state index contributed by atoms with van der Waals surface area (Å²) >= 11 is 3.12. The van der Waals surface area contributed by atoms with Crippen molar-refractivity contribution in [2.24, 2.45) is 10.4 Å². The van der Waals surface area contributed by atoms with Gasteiger partial charge in [-0.3, -0.25) is 28.7 Å². The van der Waals surface area contributed by atoms with Crippen LogP contribution in [0.3, 0.4) is 0 Å². The Labute approximate surface area is 412 Å². The molecule has 3 aromatic carbocycles. The number of aliphatic imine (C=N–C) groups is 1. The van der Waals surface area contributed by atoms with Crippen molar-refractivity contribution >= 4 is 52.1 Å². The van der Waals surface area contributed by atoms with Gasteiger partial charge in [0.1, 0.15) is 34.7 Å². The molecule has 0 bridgehead atoms. The summed E-state index contributed by atoms with van der Waals surface area (Å²) in [5.74, 6) is -2.72.